The van der Waals surface area contributed by atoms with Crippen LogP contribution in [0.25, 0.3) is 0 Å². The minimum atomic E-state index is -3.99. The topological polar surface area (TPSA) is 90.9 Å². The number of alkyl halides is 1. The van der Waals surface area contributed by atoms with Gasteiger partial charge in [-0.15, -0.1) is 0 Å². The summed E-state index contributed by atoms with van der Waals surface area (Å²) < 4.78 is 53.6. The zero-order chi connectivity index (χ0) is 22.3. The van der Waals surface area contributed by atoms with E-state index in [1.54, 1.807) is 46.8 Å². The number of nitrogens with one attached hydrogen (secondary N) is 1. The first-order chi connectivity index (χ1) is 13.2. The second-order valence-electron chi connectivity index (χ2n) is 8.28. The molecule has 0 unspecified atom stereocenters. The van der Waals surface area contributed by atoms with E-state index in [-0.39, 0.29) is 17.9 Å². The predicted octanol–water partition coefficient (Wildman–Crippen LogP) is 4.10. The molecule has 0 aromatic heterocycles. The van der Waals surface area contributed by atoms with Crippen LogP contribution in [0.5, 0.6) is 0 Å². The first-order valence-corrected chi connectivity index (χ1v) is 10.9. The van der Waals surface area contributed by atoms with Crippen LogP contribution in [0.2, 0.25) is 0 Å². The maximum Gasteiger partial charge on any atom is 0.409 e. The van der Waals surface area contributed by atoms with E-state index in [0.717, 1.165) is 5.56 Å². The highest BCUT2D eigenvalue weighted by molar-refractivity contribution is 7.86. The van der Waals surface area contributed by atoms with Crippen molar-refractivity contribution in [2.45, 2.75) is 76.8 Å². The van der Waals surface area contributed by atoms with Crippen LogP contribution in [0.15, 0.2) is 29.2 Å². The maximum atomic E-state index is 14.0. The fourth-order valence-corrected chi connectivity index (χ4v) is 3.17. The lowest BCUT2D eigenvalue weighted by Crippen LogP contribution is -2.47. The summed E-state index contributed by atoms with van der Waals surface area (Å²) >= 11 is 0. The van der Waals surface area contributed by atoms with Gasteiger partial charge in [-0.3, -0.25) is 9.50 Å². The van der Waals surface area contributed by atoms with E-state index in [1.807, 2.05) is 6.92 Å². The van der Waals surface area contributed by atoms with Gasteiger partial charge in [-0.2, -0.15) is 8.42 Å². The summed E-state index contributed by atoms with van der Waals surface area (Å²) in [5.74, 6) is 0. The minimum absolute atomic E-state index is 0.00593. The SMILES string of the molecule is Cc1ccc(S(=O)(=O)OC[C@H](F)CCCOC(C)(C)NC(=O)OC(C)(C)C)cc1. The summed E-state index contributed by atoms with van der Waals surface area (Å²) in [6.45, 7) is 10.0. The second kappa shape index (κ2) is 10.4. The van der Waals surface area contributed by atoms with Crippen molar-refractivity contribution in [1.29, 1.82) is 0 Å². The van der Waals surface area contributed by atoms with Crippen LogP contribution in [-0.2, 0) is 23.8 Å². The van der Waals surface area contributed by atoms with Gasteiger partial charge < -0.3 is 9.47 Å². The molecule has 1 aromatic rings. The summed E-state index contributed by atoms with van der Waals surface area (Å²) in [6.07, 6.45) is -1.68. The number of aryl methyl sites for hydroxylation is 1. The van der Waals surface area contributed by atoms with Crippen molar-refractivity contribution in [3.63, 3.8) is 0 Å². The van der Waals surface area contributed by atoms with Crippen LogP contribution in [0.1, 0.15) is 53.0 Å². The fraction of sp³-hybridized carbons (Fsp3) is 0.650. The van der Waals surface area contributed by atoms with Gasteiger partial charge in [-0.25, -0.2) is 9.18 Å². The standard InChI is InChI=1S/C20H32FNO6S/c1-15-9-11-17(12-10-15)29(24,25)27-14-16(21)8-7-13-26-20(5,6)22-18(23)28-19(2,3)4/h9-12,16H,7-8,13-14H2,1-6H3,(H,22,23)/t16-/m1/s1. The summed E-state index contributed by atoms with van der Waals surface area (Å²) in [7, 11) is -3.99. The van der Waals surface area contributed by atoms with E-state index in [4.69, 9.17) is 13.7 Å². The van der Waals surface area contributed by atoms with Gasteiger partial charge in [-0.1, -0.05) is 17.7 Å². The third-order valence-corrected chi connectivity index (χ3v) is 4.94. The zero-order valence-electron chi connectivity index (χ0n) is 18.0. The Morgan fingerprint density at radius 3 is 2.28 bits per heavy atom. The maximum absolute atomic E-state index is 14.0. The molecule has 0 saturated heterocycles. The largest absolute Gasteiger partial charge is 0.444 e. The molecule has 0 aliphatic rings. The molecule has 0 bridgehead atoms. The Balaban J connectivity index is 2.33. The molecule has 0 fully saturated rings. The number of rotatable bonds is 10. The van der Waals surface area contributed by atoms with Gasteiger partial charge in [0.1, 0.15) is 17.5 Å². The lowest BCUT2D eigenvalue weighted by molar-refractivity contribution is -0.0507. The molecule has 1 amide bonds. The number of alkyl carbamates (subject to hydrolysis) is 1. The second-order valence-corrected chi connectivity index (χ2v) is 9.89. The molecule has 1 aromatic carbocycles. The van der Waals surface area contributed by atoms with Crippen molar-refractivity contribution in [1.82, 2.24) is 5.32 Å². The van der Waals surface area contributed by atoms with E-state index < -0.39 is 40.3 Å². The lowest BCUT2D eigenvalue weighted by Gasteiger charge is -2.28. The molecule has 166 valence electrons. The van der Waals surface area contributed by atoms with Crippen LogP contribution < -0.4 is 5.32 Å². The Morgan fingerprint density at radius 1 is 1.14 bits per heavy atom. The Hall–Kier alpha value is -1.71. The highest BCUT2D eigenvalue weighted by Gasteiger charge is 2.25. The van der Waals surface area contributed by atoms with E-state index >= 15 is 0 Å². The van der Waals surface area contributed by atoms with Crippen LogP contribution in [0.4, 0.5) is 9.18 Å². The molecule has 29 heavy (non-hydrogen) atoms. The Morgan fingerprint density at radius 2 is 1.72 bits per heavy atom. The van der Waals surface area contributed by atoms with Gasteiger partial charge in [0.15, 0.2) is 0 Å². The van der Waals surface area contributed by atoms with Crippen LogP contribution >= 0.6 is 0 Å². The summed E-state index contributed by atoms with van der Waals surface area (Å²) in [6, 6.07) is 6.14. The van der Waals surface area contributed by atoms with Crippen LogP contribution in [-0.4, -0.2) is 45.2 Å². The number of halogens is 1. The highest BCUT2D eigenvalue weighted by Crippen LogP contribution is 2.16. The van der Waals surface area contributed by atoms with E-state index in [9.17, 15) is 17.6 Å². The summed E-state index contributed by atoms with van der Waals surface area (Å²) in [4.78, 5) is 11.8. The molecule has 0 aliphatic carbocycles. The van der Waals surface area contributed by atoms with Gasteiger partial charge in [0.05, 0.1) is 11.5 Å². The number of benzene rings is 1. The number of hydrogen-bond acceptors (Lipinski definition) is 6. The lowest BCUT2D eigenvalue weighted by atomic mass is 10.2. The molecule has 1 N–H and O–H groups in total. The molecule has 9 heteroatoms. The molecule has 0 spiro atoms. The smallest absolute Gasteiger partial charge is 0.409 e. The number of amides is 1. The fourth-order valence-electron chi connectivity index (χ4n) is 2.24. The molecular weight excluding hydrogens is 401 g/mol. The van der Waals surface area contributed by atoms with Crippen molar-refractivity contribution in [3.05, 3.63) is 29.8 Å². The van der Waals surface area contributed by atoms with Crippen molar-refractivity contribution in [3.8, 4) is 0 Å². The van der Waals surface area contributed by atoms with Crippen molar-refractivity contribution >= 4 is 16.2 Å². The van der Waals surface area contributed by atoms with E-state index in [0.29, 0.717) is 6.42 Å². The average molecular weight is 434 g/mol. The first kappa shape index (κ1) is 25.3. The first-order valence-electron chi connectivity index (χ1n) is 9.45. The molecule has 0 radical (unpaired) electrons. The minimum Gasteiger partial charge on any atom is -0.444 e. The summed E-state index contributed by atoms with van der Waals surface area (Å²) in [5, 5.41) is 2.59. The van der Waals surface area contributed by atoms with Gasteiger partial charge in [0.25, 0.3) is 10.1 Å². The summed E-state index contributed by atoms with van der Waals surface area (Å²) in [5.41, 5.74) is -0.698. The van der Waals surface area contributed by atoms with Gasteiger partial charge in [0.2, 0.25) is 0 Å². The normalized spacial score (nSPS) is 13.8. The number of ether oxygens (including phenoxy) is 2. The van der Waals surface area contributed by atoms with E-state index in [2.05, 4.69) is 5.32 Å². The molecule has 0 aliphatic heterocycles. The van der Waals surface area contributed by atoms with Crippen molar-refractivity contribution < 1.29 is 31.3 Å². The third-order valence-electron chi connectivity index (χ3n) is 3.64. The zero-order valence-corrected chi connectivity index (χ0v) is 18.8. The number of carbonyl (C=O) groups excluding carboxylic acids is 1. The number of carbonyl (C=O) groups is 1. The Labute approximate surface area is 173 Å². The van der Waals surface area contributed by atoms with Gasteiger partial charge in [-0.05, 0) is 66.5 Å². The Bertz CT molecular complexity index is 756. The molecule has 7 nitrogen and oxygen atoms in total. The Kier molecular flexibility index (Phi) is 9.05. The van der Waals surface area contributed by atoms with Gasteiger partial charge in [0, 0.05) is 6.61 Å². The molecule has 0 heterocycles. The predicted molar refractivity (Wildman–Crippen MR) is 108 cm³/mol. The van der Waals surface area contributed by atoms with Crippen molar-refractivity contribution in [2.24, 2.45) is 0 Å². The molecular formula is C20H32FNO6S. The quantitative estimate of drug-likeness (QED) is 0.339. The molecule has 0 saturated carbocycles. The third kappa shape index (κ3) is 10.6. The molecule has 1 atom stereocenters. The molecule has 1 rings (SSSR count). The van der Waals surface area contributed by atoms with Crippen LogP contribution in [0, 0.1) is 6.92 Å². The van der Waals surface area contributed by atoms with Gasteiger partial charge >= 0.3 is 6.09 Å². The van der Waals surface area contributed by atoms with E-state index in [1.165, 1.54) is 12.1 Å². The van der Waals surface area contributed by atoms with Crippen molar-refractivity contribution in [2.75, 3.05) is 13.2 Å². The highest BCUT2D eigenvalue weighted by atomic mass is 32.2. The van der Waals surface area contributed by atoms with Crippen LogP contribution in [0.3, 0.4) is 0 Å². The number of hydrogen-bond donors (Lipinski definition) is 1. The average Bonchev–Trinajstić information content (AvgIpc) is 2.55. The monoisotopic (exact) mass is 433 g/mol.